The zero-order chi connectivity index (χ0) is 9.42. The summed E-state index contributed by atoms with van der Waals surface area (Å²) in [5, 5.41) is 0.972. The Morgan fingerprint density at radius 3 is 2.85 bits per heavy atom. The Kier molecular flexibility index (Phi) is 2.30. The van der Waals surface area contributed by atoms with Crippen LogP contribution in [0.1, 0.15) is 19.8 Å². The number of nitrogens with zero attached hydrogens (tertiary/aromatic N) is 1. The van der Waals surface area contributed by atoms with Gasteiger partial charge < -0.3 is 4.90 Å². The number of thiophene rings is 1. The minimum Gasteiger partial charge on any atom is -0.301 e. The van der Waals surface area contributed by atoms with Gasteiger partial charge in [0.25, 0.3) is 0 Å². The fraction of sp³-hybridized carbons (Fsp3) is 0.444. The molecule has 1 aromatic heterocycles. The predicted octanol–water partition coefficient (Wildman–Crippen LogP) is 2.92. The summed E-state index contributed by atoms with van der Waals surface area (Å²) in [5.74, 6) is 0.214. The summed E-state index contributed by atoms with van der Waals surface area (Å²) in [7, 11) is 0. The lowest BCUT2D eigenvalue weighted by molar-refractivity contribution is -0.117. The topological polar surface area (TPSA) is 20.3 Å². The van der Waals surface area contributed by atoms with Crippen molar-refractivity contribution in [1.82, 2.24) is 0 Å². The number of carbonyl (C=O) groups excluding carboxylic acids is 1. The number of hydrogen-bond donors (Lipinski definition) is 0. The minimum atomic E-state index is 0.214. The first kappa shape index (κ1) is 9.03. The van der Waals surface area contributed by atoms with Crippen molar-refractivity contribution in [2.24, 2.45) is 0 Å². The van der Waals surface area contributed by atoms with E-state index in [1.54, 1.807) is 0 Å². The molecule has 1 fully saturated rings. The quantitative estimate of drug-likeness (QED) is 0.706. The molecular weight excluding hydrogens is 206 g/mol. The molecule has 4 heteroatoms. The number of anilines is 1. The molecule has 0 N–H and O–H groups in total. The van der Waals surface area contributed by atoms with Gasteiger partial charge in [0.05, 0.1) is 9.34 Å². The first-order valence-electron chi connectivity index (χ1n) is 4.26. The average Bonchev–Trinajstić information content (AvgIpc) is 2.60. The van der Waals surface area contributed by atoms with Crippen LogP contribution in [-0.4, -0.2) is 11.9 Å². The molecule has 1 aliphatic rings. The fourth-order valence-electron chi connectivity index (χ4n) is 1.60. The van der Waals surface area contributed by atoms with Crippen molar-refractivity contribution >= 4 is 33.8 Å². The molecule has 0 spiro atoms. The van der Waals surface area contributed by atoms with Crippen LogP contribution in [-0.2, 0) is 4.79 Å². The minimum absolute atomic E-state index is 0.214. The van der Waals surface area contributed by atoms with Crippen LogP contribution >= 0.6 is 22.9 Å². The molecule has 2 nitrogen and oxygen atoms in total. The van der Waals surface area contributed by atoms with Crippen LogP contribution in [0, 0.1) is 0 Å². The van der Waals surface area contributed by atoms with E-state index >= 15 is 0 Å². The number of carbonyl (C=O) groups is 1. The highest BCUT2D eigenvalue weighted by molar-refractivity contribution is 7.20. The molecule has 13 heavy (non-hydrogen) atoms. The van der Waals surface area contributed by atoms with Crippen molar-refractivity contribution < 1.29 is 4.79 Å². The van der Waals surface area contributed by atoms with E-state index in [2.05, 4.69) is 6.92 Å². The van der Waals surface area contributed by atoms with Crippen molar-refractivity contribution in [2.75, 3.05) is 4.90 Å². The second-order valence-electron chi connectivity index (χ2n) is 3.23. The van der Waals surface area contributed by atoms with E-state index in [0.717, 1.165) is 15.8 Å². The van der Waals surface area contributed by atoms with Crippen molar-refractivity contribution in [3.05, 3.63) is 16.5 Å². The van der Waals surface area contributed by atoms with Gasteiger partial charge in [-0.3, -0.25) is 4.79 Å². The van der Waals surface area contributed by atoms with Crippen molar-refractivity contribution in [2.45, 2.75) is 25.8 Å². The number of halogens is 1. The summed E-state index contributed by atoms with van der Waals surface area (Å²) < 4.78 is 0.738. The predicted molar refractivity (Wildman–Crippen MR) is 55.5 cm³/mol. The smallest absolute Gasteiger partial charge is 0.227 e. The van der Waals surface area contributed by atoms with Gasteiger partial charge >= 0.3 is 0 Å². The number of hydrogen-bond acceptors (Lipinski definition) is 2. The van der Waals surface area contributed by atoms with Gasteiger partial charge in [0, 0.05) is 12.5 Å². The second-order valence-corrected chi connectivity index (χ2v) is 4.92. The first-order valence-corrected chi connectivity index (χ1v) is 5.45. The Balaban J connectivity index is 2.29. The zero-order valence-electron chi connectivity index (χ0n) is 7.29. The Morgan fingerprint density at radius 2 is 2.38 bits per heavy atom. The van der Waals surface area contributed by atoms with E-state index in [-0.39, 0.29) is 5.91 Å². The van der Waals surface area contributed by atoms with Gasteiger partial charge in [-0.25, -0.2) is 0 Å². The van der Waals surface area contributed by atoms with Crippen molar-refractivity contribution in [3.63, 3.8) is 0 Å². The van der Waals surface area contributed by atoms with Gasteiger partial charge in [-0.05, 0) is 25.5 Å². The molecule has 2 heterocycles. The van der Waals surface area contributed by atoms with E-state index in [1.807, 2.05) is 17.0 Å². The van der Waals surface area contributed by atoms with Gasteiger partial charge in [0.2, 0.25) is 5.91 Å². The molecule has 1 atom stereocenters. The Bertz CT molecular complexity index is 336. The summed E-state index contributed by atoms with van der Waals surface area (Å²) in [5.41, 5.74) is 0. The highest BCUT2D eigenvalue weighted by atomic mass is 35.5. The van der Waals surface area contributed by atoms with Gasteiger partial charge in [-0.2, -0.15) is 0 Å². The van der Waals surface area contributed by atoms with Crippen LogP contribution in [0.2, 0.25) is 4.34 Å². The van der Waals surface area contributed by atoms with Gasteiger partial charge in [0.15, 0.2) is 0 Å². The molecule has 1 saturated heterocycles. The summed E-state index contributed by atoms with van der Waals surface area (Å²) in [4.78, 5) is 13.3. The standard InChI is InChI=1S/C9H10ClNOS/c1-6-2-4-8(12)11(6)9-5-3-7(10)13-9/h3,5-6H,2,4H2,1H3. The molecular formula is C9H10ClNOS. The van der Waals surface area contributed by atoms with Crippen molar-refractivity contribution in [1.29, 1.82) is 0 Å². The summed E-state index contributed by atoms with van der Waals surface area (Å²) in [6.45, 7) is 2.07. The van der Waals surface area contributed by atoms with E-state index in [1.165, 1.54) is 11.3 Å². The fourth-order valence-corrected chi connectivity index (χ4v) is 2.75. The molecule has 0 saturated carbocycles. The Hall–Kier alpha value is -0.540. The molecule has 1 aliphatic heterocycles. The Morgan fingerprint density at radius 1 is 1.62 bits per heavy atom. The maximum absolute atomic E-state index is 11.5. The molecule has 1 amide bonds. The van der Waals surface area contributed by atoms with E-state index in [4.69, 9.17) is 11.6 Å². The van der Waals surface area contributed by atoms with Gasteiger partial charge in [-0.1, -0.05) is 11.6 Å². The highest BCUT2D eigenvalue weighted by Crippen LogP contribution is 2.34. The lowest BCUT2D eigenvalue weighted by Gasteiger charge is -2.18. The molecule has 0 radical (unpaired) electrons. The van der Waals surface area contributed by atoms with E-state index in [0.29, 0.717) is 12.5 Å². The summed E-state index contributed by atoms with van der Waals surface area (Å²) >= 11 is 7.28. The summed E-state index contributed by atoms with van der Waals surface area (Å²) in [6, 6.07) is 4.06. The molecule has 0 bridgehead atoms. The third-order valence-electron chi connectivity index (χ3n) is 2.28. The van der Waals surface area contributed by atoms with Crippen LogP contribution in [0.4, 0.5) is 5.00 Å². The Labute approximate surface area is 86.1 Å². The maximum Gasteiger partial charge on any atom is 0.227 e. The third-order valence-corrected chi connectivity index (χ3v) is 3.51. The van der Waals surface area contributed by atoms with Crippen LogP contribution in [0.25, 0.3) is 0 Å². The lowest BCUT2D eigenvalue weighted by atomic mass is 10.2. The SMILES string of the molecule is CC1CCC(=O)N1c1ccc(Cl)s1. The van der Waals surface area contributed by atoms with Crippen LogP contribution in [0.5, 0.6) is 0 Å². The van der Waals surface area contributed by atoms with Crippen molar-refractivity contribution in [3.8, 4) is 0 Å². The molecule has 0 aliphatic carbocycles. The number of rotatable bonds is 1. The van der Waals surface area contributed by atoms with Crippen LogP contribution in [0.3, 0.4) is 0 Å². The molecule has 1 unspecified atom stereocenters. The number of amides is 1. The third kappa shape index (κ3) is 1.58. The van der Waals surface area contributed by atoms with Gasteiger partial charge in [-0.15, -0.1) is 11.3 Å². The van der Waals surface area contributed by atoms with Crippen LogP contribution in [0.15, 0.2) is 12.1 Å². The van der Waals surface area contributed by atoms with Crippen LogP contribution < -0.4 is 4.90 Å². The molecule has 1 aromatic rings. The zero-order valence-corrected chi connectivity index (χ0v) is 8.86. The lowest BCUT2D eigenvalue weighted by Crippen LogP contribution is -2.29. The largest absolute Gasteiger partial charge is 0.301 e. The average molecular weight is 216 g/mol. The summed E-state index contributed by atoms with van der Waals surface area (Å²) in [6.07, 6.45) is 1.62. The highest BCUT2D eigenvalue weighted by Gasteiger charge is 2.29. The normalized spacial score (nSPS) is 22.8. The van der Waals surface area contributed by atoms with Gasteiger partial charge in [0.1, 0.15) is 0 Å². The van der Waals surface area contributed by atoms with E-state index < -0.39 is 0 Å². The second kappa shape index (κ2) is 3.31. The monoisotopic (exact) mass is 215 g/mol. The molecule has 0 aromatic carbocycles. The molecule has 70 valence electrons. The first-order chi connectivity index (χ1) is 6.18. The maximum atomic E-state index is 11.5. The van der Waals surface area contributed by atoms with E-state index in [9.17, 15) is 4.79 Å². The molecule has 2 rings (SSSR count).